The Morgan fingerprint density at radius 2 is 1.88 bits per heavy atom. The molecule has 174 valence electrons. The van der Waals surface area contributed by atoms with Gasteiger partial charge in [0.25, 0.3) is 11.5 Å². The predicted molar refractivity (Wildman–Crippen MR) is 127 cm³/mol. The third-order valence-corrected chi connectivity index (χ3v) is 6.65. The van der Waals surface area contributed by atoms with Crippen molar-refractivity contribution in [2.45, 2.75) is 46.2 Å². The van der Waals surface area contributed by atoms with E-state index in [9.17, 15) is 14.4 Å². The molecule has 3 aromatic rings. The molecule has 3 heterocycles. The van der Waals surface area contributed by atoms with Crippen molar-refractivity contribution >= 4 is 33.9 Å². The van der Waals surface area contributed by atoms with Gasteiger partial charge in [-0.2, -0.15) is 5.10 Å². The average Bonchev–Trinajstić information content (AvgIpc) is 3.24. The molecule has 1 aliphatic rings. The van der Waals surface area contributed by atoms with E-state index in [-0.39, 0.29) is 23.1 Å². The van der Waals surface area contributed by atoms with Crippen LogP contribution in [-0.2, 0) is 17.9 Å². The highest BCUT2D eigenvalue weighted by Gasteiger charge is 2.26. The van der Waals surface area contributed by atoms with Gasteiger partial charge in [0.05, 0.1) is 16.1 Å². The van der Waals surface area contributed by atoms with Gasteiger partial charge >= 0.3 is 0 Å². The van der Waals surface area contributed by atoms with E-state index in [2.05, 4.69) is 31.2 Å². The smallest absolute Gasteiger partial charge is 0.290 e. The van der Waals surface area contributed by atoms with Crippen molar-refractivity contribution in [2.24, 2.45) is 5.92 Å². The van der Waals surface area contributed by atoms with Gasteiger partial charge in [0.2, 0.25) is 5.91 Å². The van der Waals surface area contributed by atoms with Crippen molar-refractivity contribution < 1.29 is 9.59 Å². The Balaban J connectivity index is 1.36. The average molecular weight is 469 g/mol. The molecule has 1 aromatic carbocycles. The number of likely N-dealkylation sites (tertiary alicyclic amines) is 1. The van der Waals surface area contributed by atoms with Gasteiger partial charge in [-0.15, -0.1) is 11.3 Å². The number of nitrogens with one attached hydrogen (secondary N) is 2. The Kier molecular flexibility index (Phi) is 7.14. The van der Waals surface area contributed by atoms with Crippen LogP contribution in [0.2, 0.25) is 0 Å². The summed E-state index contributed by atoms with van der Waals surface area (Å²) in [4.78, 5) is 44.9. The van der Waals surface area contributed by atoms with Crippen LogP contribution >= 0.6 is 11.3 Å². The summed E-state index contributed by atoms with van der Waals surface area (Å²) in [6.07, 6.45) is 2.14. The molecule has 0 saturated carbocycles. The largest absolute Gasteiger partial charge is 0.297 e. The second-order valence-corrected chi connectivity index (χ2v) is 9.34. The number of nitrogens with zero attached hydrogens (tertiary/aromatic N) is 4. The van der Waals surface area contributed by atoms with Crippen LogP contribution in [0.25, 0.3) is 10.8 Å². The molecule has 1 aliphatic heterocycles. The number of thiazole rings is 1. The van der Waals surface area contributed by atoms with E-state index in [4.69, 9.17) is 0 Å². The number of hydrogen-bond acceptors (Lipinski definition) is 7. The number of aromatic nitrogens is 3. The number of hydrogen-bond donors (Lipinski definition) is 2. The standard InChI is InChI=1S/C23H28N6O3S/c1-3-10-29-23(32)19-7-5-4-6-18(19)20(27-29)22(31)26-25-21(30)16-8-11-28(12-9-16)13-17-14-33-15(2)24-17/h4-7,14,16H,3,8-13H2,1-2H3,(H,25,30)(H,26,31). The third-order valence-electron chi connectivity index (χ3n) is 5.83. The molecule has 1 saturated heterocycles. The summed E-state index contributed by atoms with van der Waals surface area (Å²) in [6, 6.07) is 6.88. The van der Waals surface area contributed by atoms with Crippen LogP contribution in [0, 0.1) is 12.8 Å². The maximum Gasteiger partial charge on any atom is 0.290 e. The number of hydrazine groups is 1. The number of carbonyl (C=O) groups excluding carboxylic acids is 2. The second kappa shape index (κ2) is 10.2. The fraction of sp³-hybridized carbons (Fsp3) is 0.435. The lowest BCUT2D eigenvalue weighted by Crippen LogP contribution is -2.47. The van der Waals surface area contributed by atoms with Crippen LogP contribution in [0.15, 0.2) is 34.4 Å². The summed E-state index contributed by atoms with van der Waals surface area (Å²) in [7, 11) is 0. The number of piperidine rings is 1. The SMILES string of the molecule is CCCn1nc(C(=O)NNC(=O)C2CCN(Cc3csc(C)n3)CC2)c2ccccc2c1=O. The second-order valence-electron chi connectivity index (χ2n) is 8.27. The van der Waals surface area contributed by atoms with Gasteiger partial charge in [-0.05, 0) is 45.3 Å². The molecule has 1 fully saturated rings. The van der Waals surface area contributed by atoms with E-state index in [0.717, 1.165) is 30.3 Å². The molecule has 2 N–H and O–H groups in total. The lowest BCUT2D eigenvalue weighted by Gasteiger charge is -2.30. The molecule has 0 unspecified atom stereocenters. The molecular weight excluding hydrogens is 440 g/mol. The highest BCUT2D eigenvalue weighted by molar-refractivity contribution is 7.09. The molecule has 2 amide bonds. The highest BCUT2D eigenvalue weighted by Crippen LogP contribution is 2.20. The van der Waals surface area contributed by atoms with Crippen LogP contribution in [0.1, 0.15) is 47.4 Å². The van der Waals surface area contributed by atoms with E-state index in [1.165, 1.54) is 4.68 Å². The van der Waals surface area contributed by atoms with Gasteiger partial charge in [0.15, 0.2) is 5.69 Å². The van der Waals surface area contributed by atoms with Crippen molar-refractivity contribution in [3.8, 4) is 0 Å². The summed E-state index contributed by atoms with van der Waals surface area (Å²) < 4.78 is 1.30. The molecule has 33 heavy (non-hydrogen) atoms. The lowest BCUT2D eigenvalue weighted by atomic mass is 9.96. The minimum Gasteiger partial charge on any atom is -0.297 e. The summed E-state index contributed by atoms with van der Waals surface area (Å²) in [5, 5.41) is 8.29. The normalized spacial score (nSPS) is 15.0. The minimum absolute atomic E-state index is 0.118. The predicted octanol–water partition coefficient (Wildman–Crippen LogP) is 2.24. The van der Waals surface area contributed by atoms with E-state index in [1.54, 1.807) is 35.6 Å². The van der Waals surface area contributed by atoms with Crippen LogP contribution in [0.3, 0.4) is 0 Å². The van der Waals surface area contributed by atoms with Crippen LogP contribution in [-0.4, -0.2) is 44.6 Å². The third kappa shape index (κ3) is 5.28. The zero-order valence-electron chi connectivity index (χ0n) is 18.8. The Morgan fingerprint density at radius 1 is 1.15 bits per heavy atom. The number of benzene rings is 1. The minimum atomic E-state index is -0.541. The Labute approximate surface area is 195 Å². The highest BCUT2D eigenvalue weighted by atomic mass is 32.1. The van der Waals surface area contributed by atoms with Crippen LogP contribution in [0.4, 0.5) is 0 Å². The van der Waals surface area contributed by atoms with E-state index >= 15 is 0 Å². The Morgan fingerprint density at radius 3 is 2.55 bits per heavy atom. The molecule has 0 bridgehead atoms. The van der Waals surface area contributed by atoms with E-state index < -0.39 is 5.91 Å². The Hall–Kier alpha value is -3.11. The molecule has 0 radical (unpaired) electrons. The number of rotatable bonds is 6. The summed E-state index contributed by atoms with van der Waals surface area (Å²) in [6.45, 7) is 6.74. The Bertz CT molecular complexity index is 1210. The summed E-state index contributed by atoms with van der Waals surface area (Å²) in [5.41, 5.74) is 6.00. The van der Waals surface area contributed by atoms with Gasteiger partial charge in [-0.25, -0.2) is 9.67 Å². The van der Waals surface area contributed by atoms with Gasteiger partial charge < -0.3 is 0 Å². The van der Waals surface area contributed by atoms with Gasteiger partial charge in [0, 0.05) is 29.8 Å². The summed E-state index contributed by atoms with van der Waals surface area (Å²) >= 11 is 1.64. The topological polar surface area (TPSA) is 109 Å². The molecular formula is C23H28N6O3S. The monoisotopic (exact) mass is 468 g/mol. The zero-order valence-corrected chi connectivity index (χ0v) is 19.7. The maximum atomic E-state index is 12.9. The van der Waals surface area contributed by atoms with Crippen molar-refractivity contribution in [2.75, 3.05) is 13.1 Å². The number of fused-ring (bicyclic) bond motifs is 1. The van der Waals surface area contributed by atoms with E-state index in [0.29, 0.717) is 36.6 Å². The molecule has 10 heteroatoms. The maximum absolute atomic E-state index is 12.9. The number of amides is 2. The fourth-order valence-electron chi connectivity index (χ4n) is 4.11. The molecule has 4 rings (SSSR count). The van der Waals surface area contributed by atoms with Gasteiger partial charge in [-0.1, -0.05) is 25.1 Å². The van der Waals surface area contributed by atoms with Gasteiger partial charge in [0.1, 0.15) is 0 Å². The molecule has 0 atom stereocenters. The zero-order chi connectivity index (χ0) is 23.4. The van der Waals surface area contributed by atoms with Crippen LogP contribution < -0.4 is 16.4 Å². The van der Waals surface area contributed by atoms with Crippen molar-refractivity contribution in [3.05, 3.63) is 56.4 Å². The molecule has 2 aromatic heterocycles. The van der Waals surface area contributed by atoms with Crippen LogP contribution in [0.5, 0.6) is 0 Å². The van der Waals surface area contributed by atoms with E-state index in [1.807, 2.05) is 13.8 Å². The lowest BCUT2D eigenvalue weighted by molar-refractivity contribution is -0.127. The first-order valence-electron chi connectivity index (χ1n) is 11.2. The van der Waals surface area contributed by atoms with Gasteiger partial charge in [-0.3, -0.25) is 30.1 Å². The molecule has 9 nitrogen and oxygen atoms in total. The fourth-order valence-corrected chi connectivity index (χ4v) is 4.71. The van der Waals surface area contributed by atoms with Crippen molar-refractivity contribution in [3.63, 3.8) is 0 Å². The van der Waals surface area contributed by atoms with Crippen molar-refractivity contribution in [1.29, 1.82) is 0 Å². The first kappa shape index (κ1) is 23.1. The quantitative estimate of drug-likeness (QED) is 0.537. The number of carbonyl (C=O) groups is 2. The number of aryl methyl sites for hydroxylation is 2. The molecule has 0 aliphatic carbocycles. The summed E-state index contributed by atoms with van der Waals surface area (Å²) in [5.74, 6) is -0.920. The molecule has 0 spiro atoms. The van der Waals surface area contributed by atoms with Crippen molar-refractivity contribution in [1.82, 2.24) is 30.5 Å². The first-order chi connectivity index (χ1) is 16.0. The first-order valence-corrected chi connectivity index (χ1v) is 12.1.